The topological polar surface area (TPSA) is 228 Å². The summed E-state index contributed by atoms with van der Waals surface area (Å²) in [6, 6.07) is 20.2. The van der Waals surface area contributed by atoms with E-state index in [1.807, 2.05) is 40.0 Å². The van der Waals surface area contributed by atoms with E-state index in [9.17, 15) is 59.5 Å². The minimum atomic E-state index is -4.40. The van der Waals surface area contributed by atoms with Gasteiger partial charge in [0.2, 0.25) is 17.7 Å². The van der Waals surface area contributed by atoms with Crippen molar-refractivity contribution in [2.24, 2.45) is 34.0 Å². The Morgan fingerprint density at radius 2 is 0.825 bits per heavy atom. The number of nitrogens with zero attached hydrogens (tertiary/aromatic N) is 2. The lowest BCUT2D eigenvalue weighted by molar-refractivity contribution is -0.147. The highest BCUT2D eigenvalue weighted by atomic mass is 35.5. The number of fused-ring (bicyclic) bond motifs is 9. The van der Waals surface area contributed by atoms with Crippen molar-refractivity contribution in [2.45, 2.75) is 173 Å². The number of benzene rings is 4. The van der Waals surface area contributed by atoms with E-state index in [0.717, 1.165) is 85.5 Å². The van der Waals surface area contributed by atoms with Crippen LogP contribution in [0.1, 0.15) is 151 Å². The molecule has 3 atom stereocenters. The molecule has 27 heteroatoms. The van der Waals surface area contributed by atoms with E-state index < -0.39 is 56.8 Å². The van der Waals surface area contributed by atoms with Gasteiger partial charge in [-0.05, 0) is 211 Å². The molecule has 9 fully saturated rings. The highest BCUT2D eigenvalue weighted by Crippen LogP contribution is 2.58. The number of halogens is 10. The van der Waals surface area contributed by atoms with Gasteiger partial charge in [-0.2, -0.15) is 13.2 Å². The Morgan fingerprint density at radius 3 is 1.16 bits per heavy atom. The lowest BCUT2D eigenvalue weighted by Gasteiger charge is -2.56. The highest BCUT2D eigenvalue weighted by Gasteiger charge is 2.59. The van der Waals surface area contributed by atoms with E-state index in [0.29, 0.717) is 81.9 Å². The molecule has 6 N–H and O–H groups in total. The number of aryl methyl sites for hydroxylation is 2. The first-order chi connectivity index (χ1) is 48.8. The van der Waals surface area contributed by atoms with Gasteiger partial charge < -0.3 is 46.1 Å². The Kier molecular flexibility index (Phi) is 24.1. The van der Waals surface area contributed by atoms with Crippen molar-refractivity contribution < 1.29 is 73.7 Å². The van der Waals surface area contributed by atoms with Crippen LogP contribution in [0.25, 0.3) is 0 Å². The molecule has 6 bridgehead atoms. The first-order valence-electron chi connectivity index (χ1n) is 34.5. The molecule has 103 heavy (non-hydrogen) atoms. The van der Waals surface area contributed by atoms with Gasteiger partial charge in [0, 0.05) is 72.5 Å². The molecule has 0 radical (unpaired) electrons. The van der Waals surface area contributed by atoms with Gasteiger partial charge in [0.15, 0.2) is 19.8 Å². The van der Waals surface area contributed by atoms with Gasteiger partial charge in [0.1, 0.15) is 40.5 Å². The largest absolute Gasteiger partial charge is 0.484 e. The van der Waals surface area contributed by atoms with Crippen LogP contribution in [0.15, 0.2) is 110 Å². The summed E-state index contributed by atoms with van der Waals surface area (Å²) >= 11 is 17.0. The number of alkyl halides is 3. The van der Waals surface area contributed by atoms with Crippen LogP contribution in [0.4, 0.5) is 30.7 Å². The fourth-order valence-electron chi connectivity index (χ4n) is 16.3. The van der Waals surface area contributed by atoms with Crippen molar-refractivity contribution in [3.63, 3.8) is 0 Å². The second kappa shape index (κ2) is 32.0. The Bertz CT molecular complexity index is 4110. The summed E-state index contributed by atoms with van der Waals surface area (Å²) < 4.78 is 109. The van der Waals surface area contributed by atoms with Crippen molar-refractivity contribution in [3.05, 3.63) is 181 Å². The molecule has 2 aromatic heterocycles. The Balaban J connectivity index is 0.000000166. The number of pyridine rings is 2. The van der Waals surface area contributed by atoms with Gasteiger partial charge in [-0.3, -0.25) is 38.7 Å². The van der Waals surface area contributed by atoms with Crippen molar-refractivity contribution in [1.82, 2.24) is 41.9 Å². The van der Waals surface area contributed by atoms with E-state index >= 15 is 0 Å². The van der Waals surface area contributed by atoms with Gasteiger partial charge in [-0.15, -0.1) is 0 Å². The number of amides is 6. The molecule has 9 aliphatic carbocycles. The Labute approximate surface area is 608 Å². The summed E-state index contributed by atoms with van der Waals surface area (Å²) in [5.74, 6) is -2.27. The summed E-state index contributed by atoms with van der Waals surface area (Å²) in [6.07, 6.45) is 10.2. The van der Waals surface area contributed by atoms with Crippen LogP contribution in [-0.2, 0) is 54.6 Å². The molecule has 17 nitrogen and oxygen atoms in total. The third kappa shape index (κ3) is 18.3. The average Bonchev–Trinajstić information content (AvgIpc) is 0.748. The van der Waals surface area contributed by atoms with Crippen molar-refractivity contribution in [3.8, 4) is 17.2 Å². The van der Waals surface area contributed by atoms with Crippen LogP contribution in [0.2, 0.25) is 15.1 Å². The van der Waals surface area contributed by atoms with E-state index in [4.69, 9.17) is 49.0 Å². The molecular formula is C76H84Cl3F7N8O9. The van der Waals surface area contributed by atoms with Crippen LogP contribution < -0.4 is 46.1 Å². The summed E-state index contributed by atoms with van der Waals surface area (Å²) in [4.78, 5) is 85.5. The van der Waals surface area contributed by atoms with E-state index in [1.165, 1.54) is 60.8 Å². The molecule has 15 rings (SSSR count). The number of aromatic nitrogens is 2. The van der Waals surface area contributed by atoms with E-state index in [-0.39, 0.29) is 130 Å². The summed E-state index contributed by atoms with van der Waals surface area (Å²) in [7, 11) is 0. The van der Waals surface area contributed by atoms with Crippen LogP contribution in [-0.4, -0.2) is 81.8 Å². The smallest absolute Gasteiger partial charge is 0.416 e. The number of carbonyl (C=O) groups excluding carboxylic acids is 6. The fourth-order valence-corrected chi connectivity index (χ4v) is 16.7. The first-order valence-corrected chi connectivity index (χ1v) is 35.6. The maximum absolute atomic E-state index is 13.6. The summed E-state index contributed by atoms with van der Waals surface area (Å²) in [5.41, 5.74) is 0.973. The third-order valence-corrected chi connectivity index (χ3v) is 23.2. The fraction of sp³-hybridized carbons (Fsp3) is 0.474. The molecule has 9 aliphatic rings. The zero-order valence-electron chi connectivity index (χ0n) is 57.8. The van der Waals surface area contributed by atoms with Crippen LogP contribution in [0, 0.1) is 71.1 Å². The molecule has 4 aromatic carbocycles. The summed E-state index contributed by atoms with van der Waals surface area (Å²) in [6.45, 7) is 10.3. The molecule has 6 aromatic rings. The monoisotopic (exact) mass is 1490 g/mol. The quantitative estimate of drug-likeness (QED) is 0.0371. The number of carbonyl (C=O) groups is 6. The second-order valence-electron chi connectivity index (χ2n) is 28.9. The molecule has 0 saturated heterocycles. The van der Waals surface area contributed by atoms with Crippen LogP contribution in [0.5, 0.6) is 17.2 Å². The molecule has 552 valence electrons. The molecule has 0 aliphatic heterocycles. The van der Waals surface area contributed by atoms with Gasteiger partial charge in [0.05, 0.1) is 43.1 Å². The SMILES string of the molecule is CC1CC2(NC(=O)COc3ccc(Cl)c(F)c3)CCC1(C(=O)NCc1ccc(C(F)(F)F)cc1)CC2.CC1CC2(NC(=O)COc3ccc(Cl)c(F)c3)CCC1(C(=O)NCc1cncc(F)c1)CC2.Cc1cc(C)c(CNC(=O)C23CCC(NC(=O)COc4ccc(Cl)c(F)c4)(CC2)CC3C)cn1. The van der Waals surface area contributed by atoms with Crippen molar-refractivity contribution in [2.75, 3.05) is 19.8 Å². The van der Waals surface area contributed by atoms with Crippen molar-refractivity contribution >= 4 is 70.2 Å². The highest BCUT2D eigenvalue weighted by molar-refractivity contribution is 6.31. The minimum Gasteiger partial charge on any atom is -0.484 e. The lowest BCUT2D eigenvalue weighted by atomic mass is 9.52. The number of nitrogens with one attached hydrogen (secondary N) is 6. The zero-order valence-corrected chi connectivity index (χ0v) is 60.1. The van der Waals surface area contributed by atoms with Crippen molar-refractivity contribution in [1.29, 1.82) is 0 Å². The standard InChI is InChI=1S/C26H27ClF4N2O3.C26H31ClFN3O3.C24H26ClF2N3O3/c1-16-13-24(33-22(34)15-36-19-6-7-20(27)21(28)12-19)8-10-25(16,11-9-24)23(35)32-14-17-2-4-18(5-3-17)26(29,30)31;1-16-10-18(3)29-13-19(16)14-30-24(33)26-8-6-25(7-9-26,12-17(26)2)31-23(32)15-34-20-4-5-21(27)22(28)11-20;1-15-10-23(30-21(31)14-33-18-2-3-19(25)20(27)9-18)4-6-24(15,7-5-23)22(32)29-12-16-8-17(26)13-28-11-16/h2-7,12,16H,8-11,13-15H2,1H3,(H,32,35)(H,33,34);4-5,10-11,13,17H,6-9,12,14-15H2,1-3H3,(H,30,33)(H,31,32);2-3,8-9,11,13,15H,4-7,10,12,14H2,1H3,(H,29,32)(H,30,31). The first kappa shape index (κ1) is 77.4. The van der Waals surface area contributed by atoms with Gasteiger partial charge in [-0.25, -0.2) is 17.6 Å². The molecule has 9 saturated carbocycles. The van der Waals surface area contributed by atoms with E-state index in [1.54, 1.807) is 0 Å². The molecule has 6 amide bonds. The Hall–Kier alpha value is -8.22. The van der Waals surface area contributed by atoms with Gasteiger partial charge >= 0.3 is 6.18 Å². The maximum atomic E-state index is 13.6. The number of hydrogen-bond acceptors (Lipinski definition) is 11. The minimum absolute atomic E-state index is 0.000755. The van der Waals surface area contributed by atoms with Crippen LogP contribution >= 0.6 is 34.8 Å². The molecule has 3 unspecified atom stereocenters. The zero-order chi connectivity index (χ0) is 74.3. The number of ether oxygens (including phenoxy) is 3. The average molecular weight is 1490 g/mol. The maximum Gasteiger partial charge on any atom is 0.416 e. The molecule has 0 spiro atoms. The second-order valence-corrected chi connectivity index (χ2v) is 30.1. The summed E-state index contributed by atoms with van der Waals surface area (Å²) in [5, 5.41) is 18.3. The van der Waals surface area contributed by atoms with Crippen LogP contribution in [0.3, 0.4) is 0 Å². The predicted molar refractivity (Wildman–Crippen MR) is 372 cm³/mol. The van der Waals surface area contributed by atoms with E-state index in [2.05, 4.69) is 48.8 Å². The lowest BCUT2D eigenvalue weighted by Crippen LogP contribution is -2.63. The number of hydrogen-bond donors (Lipinski definition) is 6. The molecular weight excluding hydrogens is 1410 g/mol. The van der Waals surface area contributed by atoms with Gasteiger partial charge in [-0.1, -0.05) is 67.7 Å². The third-order valence-electron chi connectivity index (χ3n) is 22.3. The normalized spacial score (nSPS) is 25.6. The van der Waals surface area contributed by atoms with Gasteiger partial charge in [0.25, 0.3) is 17.7 Å². The predicted octanol–water partition coefficient (Wildman–Crippen LogP) is 14.5. The molecule has 2 heterocycles. The Morgan fingerprint density at radius 1 is 0.466 bits per heavy atom. The number of rotatable bonds is 21.